The zero-order valence-corrected chi connectivity index (χ0v) is 4.41. The standard InChI is InChI=1S/C2H6O.O.V/c1-2-3;;/h3H,2H2,1H3;;/q;;+2. The van der Waals surface area contributed by atoms with E-state index >= 15 is 0 Å². The second-order valence-corrected chi connectivity index (χ2v) is 0.316. The minimum absolute atomic E-state index is 0.250. The summed E-state index contributed by atoms with van der Waals surface area (Å²) in [5.41, 5.74) is 0. The third-order valence-corrected chi connectivity index (χ3v) is 0. The Morgan fingerprint density at radius 2 is 1.80 bits per heavy atom. The van der Waals surface area contributed by atoms with E-state index in [1.165, 1.54) is 0 Å². The van der Waals surface area contributed by atoms with Crippen molar-refractivity contribution in [3.05, 3.63) is 0 Å². The fourth-order valence-electron chi connectivity index (χ4n) is 0. The average Bonchev–Trinajstić information content (AvgIpc) is 1.46. The van der Waals surface area contributed by atoms with Gasteiger partial charge in [-0.15, -0.1) is 0 Å². The van der Waals surface area contributed by atoms with E-state index in [9.17, 15) is 0 Å². The van der Waals surface area contributed by atoms with Crippen molar-refractivity contribution in [1.82, 2.24) is 0 Å². The maximum atomic E-state index is 8.19. The minimum atomic E-state index is 0.250. The first-order valence-corrected chi connectivity index (χ1v) is 1.78. The summed E-state index contributed by atoms with van der Waals surface area (Å²) in [5.74, 6) is 0. The third kappa shape index (κ3) is 201. The SMILES string of the molecule is CCO.[O]=[V+2]. The second-order valence-electron chi connectivity index (χ2n) is 0.316. The molecule has 0 radical (unpaired) electrons. The molecule has 29 valence electrons. The first kappa shape index (κ1) is 9.02. The van der Waals surface area contributed by atoms with E-state index in [0.29, 0.717) is 0 Å². The van der Waals surface area contributed by atoms with Gasteiger partial charge in [-0.3, -0.25) is 0 Å². The summed E-state index contributed by atoms with van der Waals surface area (Å²) in [6, 6.07) is 0. The van der Waals surface area contributed by atoms with E-state index in [2.05, 4.69) is 0 Å². The summed E-state index contributed by atoms with van der Waals surface area (Å²) in [7, 11) is 0. The van der Waals surface area contributed by atoms with Crippen molar-refractivity contribution < 1.29 is 26.1 Å². The molecule has 1 N–H and O–H groups in total. The molecule has 0 fully saturated rings. The Bertz CT molecular complexity index is 11.6. The number of hydrogen-bond acceptors (Lipinski definition) is 2. The molecule has 0 atom stereocenters. The Morgan fingerprint density at radius 1 is 1.80 bits per heavy atom. The Balaban J connectivity index is 0. The van der Waals surface area contributed by atoms with Gasteiger partial charge in [-0.1, -0.05) is 0 Å². The van der Waals surface area contributed by atoms with Crippen molar-refractivity contribution >= 4 is 0 Å². The van der Waals surface area contributed by atoms with Crippen molar-refractivity contribution in [2.45, 2.75) is 6.92 Å². The predicted octanol–water partition coefficient (Wildman–Crippen LogP) is -0.123. The fourth-order valence-corrected chi connectivity index (χ4v) is 0. The first-order chi connectivity index (χ1) is 2.41. The number of aliphatic hydroxyl groups is 1. The Labute approximate surface area is 40.4 Å². The second kappa shape index (κ2) is 26.9. The van der Waals surface area contributed by atoms with Crippen LogP contribution in [0, 0.1) is 0 Å². The molecular weight excluding hydrogens is 107 g/mol. The predicted molar refractivity (Wildman–Crippen MR) is 13.4 cm³/mol. The molecular formula is C2H6O2V+2. The molecule has 0 aliphatic carbocycles. The van der Waals surface area contributed by atoms with Gasteiger partial charge in [-0.05, 0) is 6.92 Å². The fraction of sp³-hybridized carbons (Fsp3) is 1.00. The molecule has 5 heavy (non-hydrogen) atoms. The number of aliphatic hydroxyl groups excluding tert-OH is 1. The van der Waals surface area contributed by atoms with Crippen molar-refractivity contribution in [3.8, 4) is 0 Å². The molecule has 2 nitrogen and oxygen atoms in total. The molecule has 0 spiro atoms. The zero-order chi connectivity index (χ0) is 4.71. The monoisotopic (exact) mass is 113 g/mol. The topological polar surface area (TPSA) is 37.3 Å². The van der Waals surface area contributed by atoms with Crippen molar-refractivity contribution in [2.75, 3.05) is 6.61 Å². The zero-order valence-electron chi connectivity index (χ0n) is 3.01. The Kier molecular flexibility index (Phi) is 48.5. The molecule has 0 heterocycles. The van der Waals surface area contributed by atoms with E-state index in [1.807, 2.05) is 0 Å². The molecule has 0 bridgehead atoms. The van der Waals surface area contributed by atoms with E-state index < -0.39 is 0 Å². The van der Waals surface area contributed by atoms with Gasteiger partial charge >= 0.3 is 21.0 Å². The van der Waals surface area contributed by atoms with Gasteiger partial charge in [0.2, 0.25) is 0 Å². The molecule has 0 saturated carbocycles. The van der Waals surface area contributed by atoms with Gasteiger partial charge < -0.3 is 5.11 Å². The van der Waals surface area contributed by atoms with Gasteiger partial charge in [-0.25, -0.2) is 0 Å². The van der Waals surface area contributed by atoms with Gasteiger partial charge in [0, 0.05) is 6.61 Å². The Hall–Kier alpha value is 0.344. The van der Waals surface area contributed by atoms with Crippen LogP contribution in [0.2, 0.25) is 0 Å². The average molecular weight is 113 g/mol. The molecule has 0 aromatic heterocycles. The quantitative estimate of drug-likeness (QED) is 0.475. The number of rotatable bonds is 0. The van der Waals surface area contributed by atoms with Crippen LogP contribution in [0.25, 0.3) is 0 Å². The van der Waals surface area contributed by atoms with Crippen LogP contribution in [0.1, 0.15) is 6.92 Å². The molecule has 3 heteroatoms. The molecule has 0 aromatic rings. The van der Waals surface area contributed by atoms with E-state index in [0.717, 1.165) is 17.4 Å². The maximum absolute atomic E-state index is 8.19. The number of hydrogen-bond donors (Lipinski definition) is 1. The van der Waals surface area contributed by atoms with Crippen LogP contribution in [-0.2, 0) is 21.0 Å². The van der Waals surface area contributed by atoms with Crippen molar-refractivity contribution in [1.29, 1.82) is 0 Å². The summed E-state index contributed by atoms with van der Waals surface area (Å²) >= 11 is 1.06. The summed E-state index contributed by atoms with van der Waals surface area (Å²) in [6.45, 7) is 1.93. The molecule has 0 unspecified atom stereocenters. The van der Waals surface area contributed by atoms with Crippen LogP contribution in [0.4, 0.5) is 0 Å². The molecule has 0 aliphatic rings. The van der Waals surface area contributed by atoms with Crippen LogP contribution >= 0.6 is 0 Å². The molecule has 0 aliphatic heterocycles. The van der Waals surface area contributed by atoms with Crippen LogP contribution in [0.3, 0.4) is 0 Å². The van der Waals surface area contributed by atoms with Gasteiger partial charge in [-0.2, -0.15) is 0 Å². The molecule has 0 saturated heterocycles. The molecule has 0 aromatic carbocycles. The van der Waals surface area contributed by atoms with Gasteiger partial charge in [0.25, 0.3) is 0 Å². The van der Waals surface area contributed by atoms with Crippen molar-refractivity contribution in [3.63, 3.8) is 0 Å². The van der Waals surface area contributed by atoms with E-state index in [4.69, 9.17) is 8.78 Å². The van der Waals surface area contributed by atoms with E-state index in [-0.39, 0.29) is 6.61 Å². The van der Waals surface area contributed by atoms with Crippen LogP contribution in [-0.4, -0.2) is 11.7 Å². The van der Waals surface area contributed by atoms with Gasteiger partial charge in [0.1, 0.15) is 0 Å². The normalized spacial score (nSPS) is 4.80. The van der Waals surface area contributed by atoms with Crippen LogP contribution in [0.15, 0.2) is 0 Å². The molecule has 0 amide bonds. The van der Waals surface area contributed by atoms with Crippen LogP contribution < -0.4 is 0 Å². The summed E-state index contributed by atoms with van der Waals surface area (Å²) < 4.78 is 8.19. The first-order valence-electron chi connectivity index (χ1n) is 1.21. The van der Waals surface area contributed by atoms with Gasteiger partial charge in [0.05, 0.1) is 0 Å². The van der Waals surface area contributed by atoms with Gasteiger partial charge in [0.15, 0.2) is 0 Å². The van der Waals surface area contributed by atoms with E-state index in [1.54, 1.807) is 6.92 Å². The van der Waals surface area contributed by atoms with Crippen molar-refractivity contribution in [2.24, 2.45) is 0 Å². The summed E-state index contributed by atoms with van der Waals surface area (Å²) in [5, 5.41) is 7.57. The summed E-state index contributed by atoms with van der Waals surface area (Å²) in [4.78, 5) is 0. The van der Waals surface area contributed by atoms with Crippen LogP contribution in [0.5, 0.6) is 0 Å². The Morgan fingerprint density at radius 3 is 1.80 bits per heavy atom. The third-order valence-electron chi connectivity index (χ3n) is 0. The summed E-state index contributed by atoms with van der Waals surface area (Å²) in [6.07, 6.45) is 0. The molecule has 0 rings (SSSR count).